The summed E-state index contributed by atoms with van der Waals surface area (Å²) in [4.78, 5) is 35.6. The first kappa shape index (κ1) is 24.6. The number of carbonyl (C=O) groups is 3. The number of hydrogen-bond acceptors (Lipinski definition) is 4. The summed E-state index contributed by atoms with van der Waals surface area (Å²) in [5.74, 6) is 0.229. The number of primary amides is 1. The Kier molecular flexibility index (Phi) is 15.9. The summed E-state index contributed by atoms with van der Waals surface area (Å²) in [6.45, 7) is 12.6. The summed E-state index contributed by atoms with van der Waals surface area (Å²) < 4.78 is 0. The first-order valence-corrected chi connectivity index (χ1v) is 6.99. The number of amides is 2. The molecule has 21 heavy (non-hydrogen) atoms. The number of nitrogens with zero attached hydrogens (tertiary/aromatic N) is 1. The Morgan fingerprint density at radius 1 is 0.905 bits per heavy atom. The van der Waals surface area contributed by atoms with E-state index in [4.69, 9.17) is 5.73 Å². The lowest BCUT2D eigenvalue weighted by Crippen LogP contribution is -2.29. The Bertz CT molecular complexity index is 295. The summed E-state index contributed by atoms with van der Waals surface area (Å²) >= 11 is 0. The van der Waals surface area contributed by atoms with Crippen LogP contribution in [0.1, 0.15) is 48.5 Å². The van der Waals surface area contributed by atoms with Crippen molar-refractivity contribution in [2.24, 2.45) is 23.5 Å². The van der Waals surface area contributed by atoms with Crippen molar-refractivity contribution >= 4 is 17.6 Å². The summed E-state index contributed by atoms with van der Waals surface area (Å²) in [6.07, 6.45) is 0. The van der Waals surface area contributed by atoms with Crippen LogP contribution in [0.5, 0.6) is 0 Å². The standard InChI is InChI=1S/C6H13NO2.C5H10O.C4H9NO/c1-5(2)6(8)7(3)9-4;1-4(2)5(3)6;1-3(2)4(5)6/h5H,1-4H3;4H,1-3H3;3H,1-2H3,(H2,5,6). The predicted molar refractivity (Wildman–Crippen MR) is 84.2 cm³/mol. The van der Waals surface area contributed by atoms with Crippen molar-refractivity contribution in [2.75, 3.05) is 14.2 Å². The molecule has 0 radical (unpaired) electrons. The highest BCUT2D eigenvalue weighted by Crippen LogP contribution is 1.97. The number of hydrogen-bond donors (Lipinski definition) is 1. The second kappa shape index (κ2) is 13.5. The molecule has 0 spiro atoms. The van der Waals surface area contributed by atoms with E-state index in [1.165, 1.54) is 12.2 Å². The van der Waals surface area contributed by atoms with Crippen molar-refractivity contribution in [1.29, 1.82) is 0 Å². The fourth-order valence-corrected chi connectivity index (χ4v) is 0.454. The van der Waals surface area contributed by atoms with Gasteiger partial charge in [-0.15, -0.1) is 0 Å². The van der Waals surface area contributed by atoms with Gasteiger partial charge in [-0.05, 0) is 6.92 Å². The normalized spacial score (nSPS) is 9.52. The number of hydroxylamine groups is 2. The Hall–Kier alpha value is -1.43. The number of Topliss-reactive ketones (excluding diaryl/α,β-unsaturated/α-hetero) is 1. The van der Waals surface area contributed by atoms with E-state index in [9.17, 15) is 14.4 Å². The molecule has 0 aromatic rings. The third kappa shape index (κ3) is 18.6. The zero-order valence-corrected chi connectivity index (χ0v) is 14.9. The van der Waals surface area contributed by atoms with Gasteiger partial charge in [0.25, 0.3) is 0 Å². The Morgan fingerprint density at radius 2 is 1.19 bits per heavy atom. The second-order valence-electron chi connectivity index (χ2n) is 5.50. The van der Waals surface area contributed by atoms with Crippen LogP contribution in [0.3, 0.4) is 0 Å². The Morgan fingerprint density at radius 3 is 1.24 bits per heavy atom. The molecule has 0 aliphatic heterocycles. The van der Waals surface area contributed by atoms with E-state index in [1.54, 1.807) is 27.8 Å². The largest absolute Gasteiger partial charge is 0.369 e. The zero-order chi connectivity index (χ0) is 17.7. The maximum absolute atomic E-state index is 10.9. The summed E-state index contributed by atoms with van der Waals surface area (Å²) in [5.41, 5.74) is 4.80. The smallest absolute Gasteiger partial charge is 0.248 e. The molecule has 0 heterocycles. The van der Waals surface area contributed by atoms with Crippen molar-refractivity contribution in [3.8, 4) is 0 Å². The molecule has 0 saturated carbocycles. The molecule has 2 N–H and O–H groups in total. The van der Waals surface area contributed by atoms with E-state index >= 15 is 0 Å². The molecule has 2 amide bonds. The average Bonchev–Trinajstić information content (AvgIpc) is 2.37. The van der Waals surface area contributed by atoms with E-state index in [0.717, 1.165) is 0 Å². The second-order valence-corrected chi connectivity index (χ2v) is 5.50. The summed E-state index contributed by atoms with van der Waals surface area (Å²) in [7, 11) is 3.07. The maximum Gasteiger partial charge on any atom is 0.248 e. The van der Waals surface area contributed by atoms with Crippen molar-refractivity contribution < 1.29 is 19.2 Å². The molecule has 0 aliphatic rings. The first-order chi connectivity index (χ1) is 9.38. The Labute approximate surface area is 129 Å². The lowest BCUT2D eigenvalue weighted by atomic mass is 10.1. The van der Waals surface area contributed by atoms with Gasteiger partial charge < -0.3 is 5.73 Å². The van der Waals surface area contributed by atoms with Crippen LogP contribution in [0.25, 0.3) is 0 Å². The number of ketones is 1. The van der Waals surface area contributed by atoms with Gasteiger partial charge in [-0.3, -0.25) is 19.2 Å². The molecule has 6 nitrogen and oxygen atoms in total. The van der Waals surface area contributed by atoms with Crippen molar-refractivity contribution in [3.63, 3.8) is 0 Å². The predicted octanol–water partition coefficient (Wildman–Crippen LogP) is 2.02. The van der Waals surface area contributed by atoms with Crippen molar-refractivity contribution in [1.82, 2.24) is 5.06 Å². The number of nitrogens with two attached hydrogens (primary N) is 1. The van der Waals surface area contributed by atoms with E-state index in [0.29, 0.717) is 0 Å². The highest BCUT2D eigenvalue weighted by molar-refractivity contribution is 5.77. The molecular formula is C15H32N2O4. The Balaban J connectivity index is -0.000000240. The van der Waals surface area contributed by atoms with Crippen LogP contribution in [0.2, 0.25) is 0 Å². The molecule has 0 atom stereocenters. The minimum Gasteiger partial charge on any atom is -0.369 e. The molecule has 0 fully saturated rings. The van der Waals surface area contributed by atoms with Gasteiger partial charge in [-0.2, -0.15) is 0 Å². The van der Waals surface area contributed by atoms with Gasteiger partial charge in [-0.25, -0.2) is 5.06 Å². The lowest BCUT2D eigenvalue weighted by Gasteiger charge is -2.15. The molecule has 0 saturated heterocycles. The quantitative estimate of drug-likeness (QED) is 0.805. The van der Waals surface area contributed by atoms with Gasteiger partial charge in [0.2, 0.25) is 11.8 Å². The van der Waals surface area contributed by atoms with Gasteiger partial charge in [-0.1, -0.05) is 41.5 Å². The third-order valence-corrected chi connectivity index (χ3v) is 2.46. The van der Waals surface area contributed by atoms with Gasteiger partial charge in [0.05, 0.1) is 7.11 Å². The maximum atomic E-state index is 10.9. The van der Waals surface area contributed by atoms with E-state index < -0.39 is 0 Å². The molecule has 0 aromatic carbocycles. The van der Waals surface area contributed by atoms with Gasteiger partial charge >= 0.3 is 0 Å². The number of rotatable bonds is 4. The minimum absolute atomic E-state index is 0.00231. The highest BCUT2D eigenvalue weighted by Gasteiger charge is 2.11. The molecular weight excluding hydrogens is 272 g/mol. The zero-order valence-electron chi connectivity index (χ0n) is 14.9. The molecule has 0 bridgehead atoms. The third-order valence-electron chi connectivity index (χ3n) is 2.46. The van der Waals surface area contributed by atoms with Crippen LogP contribution in [-0.2, 0) is 19.2 Å². The SMILES string of the molecule is CC(=O)C(C)C.CC(C)C(N)=O.CON(C)C(=O)C(C)C. The van der Waals surface area contributed by atoms with Crippen LogP contribution in [0, 0.1) is 17.8 Å². The van der Waals surface area contributed by atoms with Crippen LogP contribution >= 0.6 is 0 Å². The monoisotopic (exact) mass is 304 g/mol. The molecule has 6 heteroatoms. The van der Waals surface area contributed by atoms with Gasteiger partial charge in [0.1, 0.15) is 5.78 Å². The van der Waals surface area contributed by atoms with Crippen molar-refractivity contribution in [2.45, 2.75) is 48.5 Å². The topological polar surface area (TPSA) is 89.7 Å². The molecule has 126 valence electrons. The molecule has 0 aliphatic carbocycles. The average molecular weight is 304 g/mol. The van der Waals surface area contributed by atoms with E-state index in [2.05, 4.69) is 4.84 Å². The van der Waals surface area contributed by atoms with Gasteiger partial charge in [0, 0.05) is 24.8 Å². The minimum atomic E-state index is -0.241. The van der Waals surface area contributed by atoms with Gasteiger partial charge in [0.15, 0.2) is 0 Å². The molecule has 0 aromatic heterocycles. The first-order valence-electron chi connectivity index (χ1n) is 6.99. The van der Waals surface area contributed by atoms with E-state index in [-0.39, 0.29) is 35.4 Å². The summed E-state index contributed by atoms with van der Waals surface area (Å²) in [6, 6.07) is 0. The van der Waals surface area contributed by atoms with Crippen LogP contribution in [0.4, 0.5) is 0 Å². The van der Waals surface area contributed by atoms with E-state index in [1.807, 2.05) is 27.7 Å². The van der Waals surface area contributed by atoms with Crippen molar-refractivity contribution in [3.05, 3.63) is 0 Å². The van der Waals surface area contributed by atoms with Crippen LogP contribution < -0.4 is 5.73 Å². The molecule has 0 rings (SSSR count). The highest BCUT2D eigenvalue weighted by atomic mass is 16.7. The molecule has 0 unspecified atom stereocenters. The summed E-state index contributed by atoms with van der Waals surface area (Å²) in [5, 5.41) is 1.23. The van der Waals surface area contributed by atoms with Crippen LogP contribution in [0.15, 0.2) is 0 Å². The number of carbonyl (C=O) groups excluding carboxylic acids is 3. The fraction of sp³-hybridized carbons (Fsp3) is 0.800. The lowest BCUT2D eigenvalue weighted by molar-refractivity contribution is -0.172. The fourth-order valence-electron chi connectivity index (χ4n) is 0.454. The van der Waals surface area contributed by atoms with Crippen LogP contribution in [-0.4, -0.2) is 36.8 Å².